The number of amides is 1. The molecule has 5 heteroatoms. The highest BCUT2D eigenvalue weighted by atomic mass is 16.6. The highest BCUT2D eigenvalue weighted by Crippen LogP contribution is 2.23. The van der Waals surface area contributed by atoms with Gasteiger partial charge in [-0.15, -0.1) is 0 Å². The number of aromatic nitrogens is 1. The molecule has 1 aromatic heterocycles. The van der Waals surface area contributed by atoms with Crippen LogP contribution in [-0.2, 0) is 4.74 Å². The molecule has 0 fully saturated rings. The molecular weight excluding hydrogens is 254 g/mol. The van der Waals surface area contributed by atoms with Crippen LogP contribution < -0.4 is 5.43 Å². The average molecular weight is 267 g/mol. The Bertz CT molecular complexity index is 681. The van der Waals surface area contributed by atoms with Crippen molar-refractivity contribution in [3.05, 3.63) is 53.9 Å². The van der Waals surface area contributed by atoms with Gasteiger partial charge in [-0.2, -0.15) is 5.10 Å². The number of cyclic esters (lactones) is 1. The van der Waals surface area contributed by atoms with Crippen LogP contribution in [0.5, 0.6) is 0 Å². The Hall–Kier alpha value is -2.69. The molecule has 0 atom stereocenters. The van der Waals surface area contributed by atoms with E-state index in [1.165, 1.54) is 0 Å². The number of ether oxygens (including phenoxy) is 1. The van der Waals surface area contributed by atoms with Crippen LogP contribution in [0.2, 0.25) is 0 Å². The molecule has 5 nitrogen and oxygen atoms in total. The summed E-state index contributed by atoms with van der Waals surface area (Å²) in [5, 5.41) is 4.00. The van der Waals surface area contributed by atoms with Crippen LogP contribution in [0.1, 0.15) is 11.1 Å². The van der Waals surface area contributed by atoms with E-state index >= 15 is 0 Å². The molecule has 0 aliphatic carbocycles. The van der Waals surface area contributed by atoms with Crippen LogP contribution in [0.15, 0.2) is 47.8 Å². The molecule has 2 aromatic rings. The molecule has 1 aromatic carbocycles. The van der Waals surface area contributed by atoms with E-state index in [0.29, 0.717) is 5.71 Å². The molecule has 2 heterocycles. The third-order valence-electron chi connectivity index (χ3n) is 3.15. The maximum atomic E-state index is 10.9. The van der Waals surface area contributed by atoms with E-state index in [-0.39, 0.29) is 6.61 Å². The lowest BCUT2D eigenvalue weighted by Crippen LogP contribution is -2.30. The van der Waals surface area contributed by atoms with E-state index in [9.17, 15) is 4.79 Å². The number of nitrogens with zero attached hydrogens (tertiary/aromatic N) is 2. The lowest BCUT2D eigenvalue weighted by Gasteiger charge is -2.14. The van der Waals surface area contributed by atoms with E-state index in [2.05, 4.69) is 15.5 Å². The van der Waals surface area contributed by atoms with Gasteiger partial charge in [-0.25, -0.2) is 10.2 Å². The summed E-state index contributed by atoms with van der Waals surface area (Å²) < 4.78 is 4.91. The number of carbonyl (C=O) groups excluding carboxylic acids is 1. The third kappa shape index (κ3) is 2.38. The number of hydrogen-bond donors (Lipinski definition) is 1. The van der Waals surface area contributed by atoms with Crippen molar-refractivity contribution in [2.24, 2.45) is 5.10 Å². The second-order valence-corrected chi connectivity index (χ2v) is 4.52. The van der Waals surface area contributed by atoms with Crippen molar-refractivity contribution in [3.63, 3.8) is 0 Å². The average Bonchev–Trinajstić information content (AvgIpc) is 2.49. The van der Waals surface area contributed by atoms with Crippen LogP contribution in [0.25, 0.3) is 11.1 Å². The van der Waals surface area contributed by atoms with E-state index in [0.717, 1.165) is 22.3 Å². The van der Waals surface area contributed by atoms with Gasteiger partial charge in [0.15, 0.2) is 0 Å². The van der Waals surface area contributed by atoms with Crippen LogP contribution in [0, 0.1) is 6.92 Å². The summed E-state index contributed by atoms with van der Waals surface area (Å²) in [4.78, 5) is 15.0. The first kappa shape index (κ1) is 12.3. The van der Waals surface area contributed by atoms with Crippen molar-refractivity contribution in [1.29, 1.82) is 0 Å². The second-order valence-electron chi connectivity index (χ2n) is 4.52. The molecule has 0 bridgehead atoms. The van der Waals surface area contributed by atoms with Gasteiger partial charge in [-0.05, 0) is 30.2 Å². The quantitative estimate of drug-likeness (QED) is 0.909. The van der Waals surface area contributed by atoms with Crippen molar-refractivity contribution in [3.8, 4) is 11.1 Å². The van der Waals surface area contributed by atoms with Gasteiger partial charge in [-0.1, -0.05) is 18.2 Å². The number of pyridine rings is 1. The Morgan fingerprint density at radius 1 is 1.25 bits per heavy atom. The fourth-order valence-corrected chi connectivity index (χ4v) is 2.15. The van der Waals surface area contributed by atoms with Gasteiger partial charge in [0.1, 0.15) is 12.3 Å². The number of hydrazone groups is 1. The Kier molecular flexibility index (Phi) is 3.16. The third-order valence-corrected chi connectivity index (χ3v) is 3.15. The number of nitrogens with one attached hydrogen (secondary N) is 1. The highest BCUT2D eigenvalue weighted by molar-refractivity contribution is 6.04. The number of benzene rings is 1. The summed E-state index contributed by atoms with van der Waals surface area (Å²) in [7, 11) is 0. The molecule has 1 N–H and O–H groups in total. The van der Waals surface area contributed by atoms with Crippen molar-refractivity contribution in [1.82, 2.24) is 10.4 Å². The number of carbonyl (C=O) groups is 1. The topological polar surface area (TPSA) is 63.6 Å². The van der Waals surface area contributed by atoms with Gasteiger partial charge in [-0.3, -0.25) is 4.98 Å². The Balaban J connectivity index is 1.94. The van der Waals surface area contributed by atoms with Crippen molar-refractivity contribution < 1.29 is 9.53 Å². The van der Waals surface area contributed by atoms with Crippen LogP contribution in [0.4, 0.5) is 4.79 Å². The minimum Gasteiger partial charge on any atom is -0.442 e. The Labute approximate surface area is 116 Å². The van der Waals surface area contributed by atoms with Crippen LogP contribution in [-0.4, -0.2) is 23.4 Å². The van der Waals surface area contributed by atoms with Crippen LogP contribution in [0.3, 0.4) is 0 Å². The maximum absolute atomic E-state index is 10.9. The minimum absolute atomic E-state index is 0.192. The van der Waals surface area contributed by atoms with Gasteiger partial charge in [0.25, 0.3) is 0 Å². The van der Waals surface area contributed by atoms with E-state index in [4.69, 9.17) is 4.74 Å². The predicted molar refractivity (Wildman–Crippen MR) is 75.4 cm³/mol. The summed E-state index contributed by atoms with van der Waals surface area (Å²) in [5.41, 5.74) is 7.29. The Morgan fingerprint density at radius 2 is 2.15 bits per heavy atom. The molecule has 0 radical (unpaired) electrons. The summed E-state index contributed by atoms with van der Waals surface area (Å²) in [5.74, 6) is 0. The SMILES string of the molecule is Cc1cc(C2=NNC(=O)OC2)ccc1-c1cccnc1. The van der Waals surface area contributed by atoms with Gasteiger partial charge in [0.05, 0.1) is 0 Å². The molecule has 0 unspecified atom stereocenters. The Morgan fingerprint density at radius 3 is 2.80 bits per heavy atom. The molecule has 1 amide bonds. The van der Waals surface area contributed by atoms with Crippen molar-refractivity contribution in [2.75, 3.05) is 6.61 Å². The molecule has 20 heavy (non-hydrogen) atoms. The molecule has 1 aliphatic rings. The molecule has 100 valence electrons. The first-order valence-electron chi connectivity index (χ1n) is 6.25. The van der Waals surface area contributed by atoms with E-state index < -0.39 is 6.09 Å². The zero-order chi connectivity index (χ0) is 13.9. The summed E-state index contributed by atoms with van der Waals surface area (Å²) in [6, 6.07) is 9.96. The van der Waals surface area contributed by atoms with E-state index in [1.54, 1.807) is 6.20 Å². The second kappa shape index (κ2) is 5.13. The van der Waals surface area contributed by atoms with Crippen molar-refractivity contribution >= 4 is 11.8 Å². The minimum atomic E-state index is -0.516. The first-order valence-corrected chi connectivity index (χ1v) is 6.25. The zero-order valence-corrected chi connectivity index (χ0v) is 11.0. The maximum Gasteiger partial charge on any atom is 0.428 e. The molecular formula is C15H13N3O2. The normalized spacial score (nSPS) is 14.2. The first-order chi connectivity index (χ1) is 9.74. The van der Waals surface area contributed by atoms with Gasteiger partial charge in [0, 0.05) is 23.5 Å². The smallest absolute Gasteiger partial charge is 0.428 e. The predicted octanol–water partition coefficient (Wildman–Crippen LogP) is 2.50. The van der Waals surface area contributed by atoms with E-state index in [1.807, 2.05) is 43.5 Å². The number of aryl methyl sites for hydroxylation is 1. The molecule has 0 saturated heterocycles. The van der Waals surface area contributed by atoms with Crippen molar-refractivity contribution in [2.45, 2.75) is 6.92 Å². The summed E-state index contributed by atoms with van der Waals surface area (Å²) in [6.45, 7) is 2.23. The number of rotatable bonds is 2. The lowest BCUT2D eigenvalue weighted by molar-refractivity contribution is 0.157. The molecule has 1 aliphatic heterocycles. The van der Waals surface area contributed by atoms with Crippen LogP contribution >= 0.6 is 0 Å². The summed E-state index contributed by atoms with van der Waals surface area (Å²) in [6.07, 6.45) is 3.07. The van der Waals surface area contributed by atoms with Gasteiger partial charge in [0.2, 0.25) is 0 Å². The number of hydrogen-bond acceptors (Lipinski definition) is 4. The molecule has 0 spiro atoms. The largest absolute Gasteiger partial charge is 0.442 e. The lowest BCUT2D eigenvalue weighted by atomic mass is 9.98. The standard InChI is InChI=1S/C15H13N3O2/c1-10-7-11(14-9-20-15(19)18-17-14)4-5-13(10)12-3-2-6-16-8-12/h2-8H,9H2,1H3,(H,18,19). The van der Waals surface area contributed by atoms with Gasteiger partial charge >= 0.3 is 6.09 Å². The summed E-state index contributed by atoms with van der Waals surface area (Å²) >= 11 is 0. The molecule has 0 saturated carbocycles. The zero-order valence-electron chi connectivity index (χ0n) is 11.0. The molecule has 3 rings (SSSR count). The fourth-order valence-electron chi connectivity index (χ4n) is 2.15. The van der Waals surface area contributed by atoms with Gasteiger partial charge < -0.3 is 4.74 Å². The monoisotopic (exact) mass is 267 g/mol. The fraction of sp³-hybridized carbons (Fsp3) is 0.133. The highest BCUT2D eigenvalue weighted by Gasteiger charge is 2.14.